The van der Waals surface area contributed by atoms with Crippen molar-refractivity contribution < 1.29 is 4.42 Å². The van der Waals surface area contributed by atoms with Gasteiger partial charge in [-0.15, -0.1) is 15.3 Å². The standard InChI is InChI=1S/C15H13N5OS/c1-2-10-5-7-11(8-6-10)16-14-19-20-13(12-4-3-9-21-12)17-18-15(20)22-14/h3-9H,2H2,1H3,(H,16,19). The summed E-state index contributed by atoms with van der Waals surface area (Å²) in [5.41, 5.74) is 2.31. The van der Waals surface area contributed by atoms with Gasteiger partial charge in [0.1, 0.15) is 0 Å². The van der Waals surface area contributed by atoms with Gasteiger partial charge in [-0.25, -0.2) is 0 Å². The summed E-state index contributed by atoms with van der Waals surface area (Å²) in [5.74, 6) is 1.25. The van der Waals surface area contributed by atoms with E-state index in [9.17, 15) is 0 Å². The minimum atomic E-state index is 0.602. The highest BCUT2D eigenvalue weighted by atomic mass is 32.1. The van der Waals surface area contributed by atoms with Gasteiger partial charge in [-0.3, -0.25) is 0 Å². The molecule has 22 heavy (non-hydrogen) atoms. The number of furan rings is 1. The van der Waals surface area contributed by atoms with Crippen molar-refractivity contribution in [2.75, 3.05) is 5.32 Å². The zero-order valence-corrected chi connectivity index (χ0v) is 12.7. The molecule has 0 saturated heterocycles. The SMILES string of the molecule is CCc1ccc(Nc2nn3c(-c4ccco4)nnc3s2)cc1. The maximum Gasteiger partial charge on any atom is 0.236 e. The number of fused-ring (bicyclic) bond motifs is 1. The molecule has 3 heterocycles. The highest BCUT2D eigenvalue weighted by Crippen LogP contribution is 2.26. The van der Waals surface area contributed by atoms with Gasteiger partial charge in [-0.2, -0.15) is 4.52 Å². The van der Waals surface area contributed by atoms with E-state index in [1.807, 2.05) is 12.1 Å². The summed E-state index contributed by atoms with van der Waals surface area (Å²) < 4.78 is 7.05. The normalized spacial score (nSPS) is 11.1. The molecule has 7 heteroatoms. The second-order valence-corrected chi connectivity index (χ2v) is 5.73. The van der Waals surface area contributed by atoms with E-state index in [0.29, 0.717) is 11.6 Å². The third-order valence-electron chi connectivity index (χ3n) is 3.35. The number of hydrogen-bond donors (Lipinski definition) is 1. The van der Waals surface area contributed by atoms with Crippen LogP contribution in [0.25, 0.3) is 16.5 Å². The van der Waals surface area contributed by atoms with Crippen LogP contribution in [-0.2, 0) is 6.42 Å². The van der Waals surface area contributed by atoms with Gasteiger partial charge in [0.2, 0.25) is 15.9 Å². The number of rotatable bonds is 4. The van der Waals surface area contributed by atoms with Crippen molar-refractivity contribution in [3.63, 3.8) is 0 Å². The summed E-state index contributed by atoms with van der Waals surface area (Å²) in [6, 6.07) is 12.0. The van der Waals surface area contributed by atoms with Gasteiger partial charge in [0.25, 0.3) is 0 Å². The van der Waals surface area contributed by atoms with Crippen LogP contribution in [0.4, 0.5) is 10.8 Å². The van der Waals surface area contributed by atoms with Gasteiger partial charge in [0, 0.05) is 5.69 Å². The molecule has 0 amide bonds. The van der Waals surface area contributed by atoms with Crippen molar-refractivity contribution in [3.05, 3.63) is 48.2 Å². The molecule has 0 radical (unpaired) electrons. The average molecular weight is 311 g/mol. The van der Waals surface area contributed by atoms with Crippen LogP contribution >= 0.6 is 11.3 Å². The van der Waals surface area contributed by atoms with E-state index in [2.05, 4.69) is 51.8 Å². The monoisotopic (exact) mass is 311 g/mol. The zero-order valence-electron chi connectivity index (χ0n) is 11.9. The van der Waals surface area contributed by atoms with Crippen molar-refractivity contribution >= 4 is 27.1 Å². The fourth-order valence-corrected chi connectivity index (χ4v) is 2.93. The average Bonchev–Trinajstić information content (AvgIpc) is 3.24. The molecule has 0 bridgehead atoms. The van der Waals surface area contributed by atoms with Crippen molar-refractivity contribution in [1.82, 2.24) is 19.8 Å². The van der Waals surface area contributed by atoms with Crippen molar-refractivity contribution in [1.29, 1.82) is 0 Å². The van der Waals surface area contributed by atoms with E-state index < -0.39 is 0 Å². The number of aromatic nitrogens is 4. The number of benzene rings is 1. The minimum absolute atomic E-state index is 0.602. The lowest BCUT2D eigenvalue weighted by Gasteiger charge is -2.02. The molecule has 0 unspecified atom stereocenters. The first-order chi connectivity index (χ1) is 10.8. The summed E-state index contributed by atoms with van der Waals surface area (Å²) >= 11 is 1.45. The van der Waals surface area contributed by atoms with Crippen LogP contribution in [-0.4, -0.2) is 19.8 Å². The van der Waals surface area contributed by atoms with E-state index in [0.717, 1.165) is 22.2 Å². The van der Waals surface area contributed by atoms with Gasteiger partial charge >= 0.3 is 0 Å². The Hall–Kier alpha value is -2.67. The summed E-state index contributed by atoms with van der Waals surface area (Å²) in [7, 11) is 0. The highest BCUT2D eigenvalue weighted by molar-refractivity contribution is 7.20. The van der Waals surface area contributed by atoms with Gasteiger partial charge in [-0.05, 0) is 36.2 Å². The number of hydrogen-bond acceptors (Lipinski definition) is 6. The lowest BCUT2D eigenvalue weighted by atomic mass is 10.1. The molecule has 0 aliphatic rings. The largest absolute Gasteiger partial charge is 0.461 e. The molecule has 4 rings (SSSR count). The van der Waals surface area contributed by atoms with E-state index in [4.69, 9.17) is 4.42 Å². The van der Waals surface area contributed by atoms with Crippen molar-refractivity contribution in [3.8, 4) is 11.6 Å². The fourth-order valence-electron chi connectivity index (χ4n) is 2.17. The molecule has 3 aromatic heterocycles. The Labute approximate surface area is 130 Å². The van der Waals surface area contributed by atoms with E-state index in [-0.39, 0.29) is 0 Å². The molecule has 0 fully saturated rings. The molecular weight excluding hydrogens is 298 g/mol. The Morgan fingerprint density at radius 1 is 1.18 bits per heavy atom. The number of nitrogens with zero attached hydrogens (tertiary/aromatic N) is 4. The summed E-state index contributed by atoms with van der Waals surface area (Å²) in [4.78, 5) is 0.721. The third-order valence-corrected chi connectivity index (χ3v) is 4.16. The predicted molar refractivity (Wildman–Crippen MR) is 85.5 cm³/mol. The molecular formula is C15H13N5OS. The summed E-state index contributed by atoms with van der Waals surface area (Å²) in [6.07, 6.45) is 2.64. The van der Waals surface area contributed by atoms with Crippen molar-refractivity contribution in [2.24, 2.45) is 0 Å². The quantitative estimate of drug-likeness (QED) is 0.621. The van der Waals surface area contributed by atoms with Crippen molar-refractivity contribution in [2.45, 2.75) is 13.3 Å². The van der Waals surface area contributed by atoms with E-state index >= 15 is 0 Å². The maximum atomic E-state index is 5.36. The number of nitrogens with one attached hydrogen (secondary N) is 1. The highest BCUT2D eigenvalue weighted by Gasteiger charge is 2.15. The topological polar surface area (TPSA) is 68.2 Å². The van der Waals surface area contributed by atoms with Gasteiger partial charge in [0.05, 0.1) is 6.26 Å². The zero-order chi connectivity index (χ0) is 14.9. The second-order valence-electron chi connectivity index (χ2n) is 4.78. The van der Waals surface area contributed by atoms with Gasteiger partial charge < -0.3 is 9.73 Å². The number of aryl methyl sites for hydroxylation is 1. The Bertz CT molecular complexity index is 892. The molecule has 0 aliphatic carbocycles. The van der Waals surface area contributed by atoms with Crippen LogP contribution < -0.4 is 5.32 Å². The summed E-state index contributed by atoms with van der Waals surface area (Å²) in [5, 5.41) is 16.8. The van der Waals surface area contributed by atoms with E-state index in [1.165, 1.54) is 16.9 Å². The molecule has 0 spiro atoms. The van der Waals surface area contributed by atoms with Gasteiger partial charge in [0.15, 0.2) is 5.76 Å². The third kappa shape index (κ3) is 2.25. The Morgan fingerprint density at radius 2 is 2.05 bits per heavy atom. The van der Waals surface area contributed by atoms with Crippen LogP contribution in [0.15, 0.2) is 47.1 Å². The molecule has 110 valence electrons. The minimum Gasteiger partial charge on any atom is -0.461 e. The Balaban J connectivity index is 1.65. The van der Waals surface area contributed by atoms with Crippen LogP contribution in [0.5, 0.6) is 0 Å². The van der Waals surface area contributed by atoms with E-state index in [1.54, 1.807) is 10.8 Å². The molecule has 0 saturated carbocycles. The molecule has 4 aromatic rings. The molecule has 6 nitrogen and oxygen atoms in total. The van der Waals surface area contributed by atoms with Crippen LogP contribution in [0.2, 0.25) is 0 Å². The predicted octanol–water partition coefficient (Wildman–Crippen LogP) is 3.75. The van der Waals surface area contributed by atoms with Crippen LogP contribution in [0.1, 0.15) is 12.5 Å². The first-order valence-corrected chi connectivity index (χ1v) is 7.77. The Morgan fingerprint density at radius 3 is 2.77 bits per heavy atom. The lowest BCUT2D eigenvalue weighted by molar-refractivity contribution is 0.575. The molecule has 1 N–H and O–H groups in total. The molecule has 1 aromatic carbocycles. The van der Waals surface area contributed by atoms with Crippen LogP contribution in [0.3, 0.4) is 0 Å². The number of anilines is 2. The van der Waals surface area contributed by atoms with Crippen LogP contribution in [0, 0.1) is 0 Å². The lowest BCUT2D eigenvalue weighted by Crippen LogP contribution is -1.93. The first kappa shape index (κ1) is 13.0. The second kappa shape index (κ2) is 5.27. The Kier molecular flexibility index (Phi) is 3.12. The molecule has 0 atom stereocenters. The fraction of sp³-hybridized carbons (Fsp3) is 0.133. The molecule has 0 aliphatic heterocycles. The first-order valence-electron chi connectivity index (χ1n) is 6.95. The van der Waals surface area contributed by atoms with Gasteiger partial charge in [-0.1, -0.05) is 30.4 Å². The smallest absolute Gasteiger partial charge is 0.236 e. The summed E-state index contributed by atoms with van der Waals surface area (Å²) in [6.45, 7) is 2.14. The maximum absolute atomic E-state index is 5.36.